The van der Waals surface area contributed by atoms with Gasteiger partial charge in [0.15, 0.2) is 0 Å². The lowest BCUT2D eigenvalue weighted by Gasteiger charge is -2.28. The average Bonchev–Trinajstić information content (AvgIpc) is 2.41. The van der Waals surface area contributed by atoms with E-state index >= 15 is 0 Å². The number of hydrogen-bond acceptors (Lipinski definition) is 3. The highest BCUT2D eigenvalue weighted by molar-refractivity contribution is 6.32. The number of methoxy groups -OCH3 is 1. The van der Waals surface area contributed by atoms with Crippen LogP contribution in [0.4, 0.5) is 0 Å². The number of rotatable bonds is 2. The number of halogens is 1. The monoisotopic (exact) mass is 269 g/mol. The molecule has 1 N–H and O–H groups in total. The van der Waals surface area contributed by atoms with E-state index in [1.165, 1.54) is 0 Å². The van der Waals surface area contributed by atoms with E-state index in [9.17, 15) is 0 Å². The first-order chi connectivity index (χ1) is 8.57. The van der Waals surface area contributed by atoms with Crippen LogP contribution in [-0.4, -0.2) is 26.8 Å². The minimum Gasteiger partial charge on any atom is -0.496 e. The Morgan fingerprint density at radius 3 is 2.50 bits per heavy atom. The molecule has 0 bridgehead atoms. The molecule has 18 heavy (non-hydrogen) atoms. The van der Waals surface area contributed by atoms with Gasteiger partial charge in [-0.25, -0.2) is 0 Å². The first-order valence-electron chi connectivity index (χ1n) is 6.23. The molecule has 1 aromatic rings. The van der Waals surface area contributed by atoms with Crippen LogP contribution < -0.4 is 10.1 Å². The Morgan fingerprint density at radius 1 is 1.22 bits per heavy atom. The smallest absolute Gasteiger partial charge is 0.128 e. The van der Waals surface area contributed by atoms with Crippen LogP contribution >= 0.6 is 11.6 Å². The van der Waals surface area contributed by atoms with Gasteiger partial charge in [0.05, 0.1) is 19.8 Å². The molecule has 0 saturated carbocycles. The molecule has 1 aromatic carbocycles. The van der Waals surface area contributed by atoms with E-state index in [0.717, 1.165) is 52.7 Å². The third kappa shape index (κ3) is 2.22. The fourth-order valence-electron chi connectivity index (χ4n) is 2.51. The minimum atomic E-state index is 0.0190. The van der Waals surface area contributed by atoms with Gasteiger partial charge in [0.25, 0.3) is 0 Å². The molecule has 0 spiro atoms. The third-order valence-corrected chi connectivity index (χ3v) is 4.23. The van der Waals surface area contributed by atoms with Crippen LogP contribution in [0.25, 0.3) is 0 Å². The zero-order chi connectivity index (χ0) is 13.3. The van der Waals surface area contributed by atoms with Crippen molar-refractivity contribution in [1.82, 2.24) is 5.32 Å². The molecule has 2 rings (SSSR count). The second-order valence-corrected chi connectivity index (χ2v) is 5.08. The highest BCUT2D eigenvalue weighted by Crippen LogP contribution is 2.40. The van der Waals surface area contributed by atoms with Gasteiger partial charge in [-0.15, -0.1) is 0 Å². The van der Waals surface area contributed by atoms with Crippen molar-refractivity contribution in [2.45, 2.75) is 26.9 Å². The zero-order valence-corrected chi connectivity index (χ0v) is 12.1. The summed E-state index contributed by atoms with van der Waals surface area (Å²) in [5, 5.41) is 4.16. The summed E-state index contributed by atoms with van der Waals surface area (Å²) in [5.74, 6) is 0.906. The molecule has 1 aliphatic rings. The lowest BCUT2D eigenvalue weighted by atomic mass is 9.94. The topological polar surface area (TPSA) is 30.5 Å². The van der Waals surface area contributed by atoms with Crippen molar-refractivity contribution in [1.29, 1.82) is 0 Å². The lowest BCUT2D eigenvalue weighted by Crippen LogP contribution is -2.34. The van der Waals surface area contributed by atoms with Crippen molar-refractivity contribution in [3.8, 4) is 5.75 Å². The van der Waals surface area contributed by atoms with Gasteiger partial charge in [0, 0.05) is 23.7 Å². The maximum absolute atomic E-state index is 6.40. The van der Waals surface area contributed by atoms with Crippen molar-refractivity contribution >= 4 is 11.6 Å². The highest BCUT2D eigenvalue weighted by atomic mass is 35.5. The highest BCUT2D eigenvalue weighted by Gasteiger charge is 2.25. The summed E-state index contributed by atoms with van der Waals surface area (Å²) in [6, 6.07) is 0. The molecule has 1 aliphatic heterocycles. The van der Waals surface area contributed by atoms with Crippen LogP contribution in [0.2, 0.25) is 5.02 Å². The molecule has 0 radical (unpaired) electrons. The fraction of sp³-hybridized carbons (Fsp3) is 0.571. The Hall–Kier alpha value is -0.770. The SMILES string of the molecule is COc1c(C)c(C)c(Cl)c(C)c1C1CNCCO1. The Labute approximate surface area is 113 Å². The molecule has 1 heterocycles. The summed E-state index contributed by atoms with van der Waals surface area (Å²) in [6.07, 6.45) is 0.0190. The van der Waals surface area contributed by atoms with Gasteiger partial charge < -0.3 is 14.8 Å². The van der Waals surface area contributed by atoms with Gasteiger partial charge in [-0.1, -0.05) is 11.6 Å². The molecule has 1 saturated heterocycles. The van der Waals surface area contributed by atoms with E-state index in [2.05, 4.69) is 5.32 Å². The summed E-state index contributed by atoms with van der Waals surface area (Å²) in [4.78, 5) is 0. The van der Waals surface area contributed by atoms with E-state index in [-0.39, 0.29) is 6.10 Å². The number of benzene rings is 1. The van der Waals surface area contributed by atoms with Gasteiger partial charge in [0.2, 0.25) is 0 Å². The van der Waals surface area contributed by atoms with Gasteiger partial charge in [0.1, 0.15) is 5.75 Å². The largest absolute Gasteiger partial charge is 0.496 e. The van der Waals surface area contributed by atoms with E-state index in [4.69, 9.17) is 21.1 Å². The Bertz CT molecular complexity index is 454. The molecule has 4 heteroatoms. The van der Waals surface area contributed by atoms with Crippen molar-refractivity contribution in [2.75, 3.05) is 26.8 Å². The van der Waals surface area contributed by atoms with Crippen LogP contribution in [0.3, 0.4) is 0 Å². The summed E-state index contributed by atoms with van der Waals surface area (Å²) < 4.78 is 11.4. The molecular weight excluding hydrogens is 250 g/mol. The summed E-state index contributed by atoms with van der Waals surface area (Å²) >= 11 is 6.40. The first-order valence-corrected chi connectivity index (χ1v) is 6.61. The van der Waals surface area contributed by atoms with E-state index in [1.807, 2.05) is 20.8 Å². The predicted molar refractivity (Wildman–Crippen MR) is 73.8 cm³/mol. The Morgan fingerprint density at radius 2 is 1.94 bits per heavy atom. The molecule has 3 nitrogen and oxygen atoms in total. The average molecular weight is 270 g/mol. The molecule has 1 atom stereocenters. The van der Waals surface area contributed by atoms with Crippen molar-refractivity contribution < 1.29 is 9.47 Å². The van der Waals surface area contributed by atoms with E-state index < -0.39 is 0 Å². The van der Waals surface area contributed by atoms with Crippen LogP contribution in [-0.2, 0) is 4.74 Å². The standard InChI is InChI=1S/C14H20ClNO2/c1-8-9(2)14(17-4)12(10(3)13(8)15)11-7-16-5-6-18-11/h11,16H,5-7H2,1-4H3. The molecule has 0 aliphatic carbocycles. The predicted octanol–water partition coefficient (Wildman–Crippen LogP) is 2.93. The fourth-order valence-corrected chi connectivity index (χ4v) is 2.75. The van der Waals surface area contributed by atoms with Crippen molar-refractivity contribution in [2.24, 2.45) is 0 Å². The molecule has 100 valence electrons. The molecule has 1 fully saturated rings. The number of hydrogen-bond donors (Lipinski definition) is 1. The first kappa shape index (κ1) is 13.7. The maximum atomic E-state index is 6.40. The van der Waals surface area contributed by atoms with Crippen LogP contribution in [0.1, 0.15) is 28.4 Å². The number of nitrogens with one attached hydrogen (secondary N) is 1. The van der Waals surface area contributed by atoms with Gasteiger partial charge in [-0.2, -0.15) is 0 Å². The quantitative estimate of drug-likeness (QED) is 0.896. The molecular formula is C14H20ClNO2. The van der Waals surface area contributed by atoms with E-state index in [1.54, 1.807) is 7.11 Å². The van der Waals surface area contributed by atoms with Crippen molar-refractivity contribution in [3.63, 3.8) is 0 Å². The van der Waals surface area contributed by atoms with Gasteiger partial charge in [-0.05, 0) is 37.5 Å². The Balaban J connectivity index is 2.56. The molecule has 1 unspecified atom stereocenters. The summed E-state index contributed by atoms with van der Waals surface area (Å²) in [7, 11) is 1.70. The summed E-state index contributed by atoms with van der Waals surface area (Å²) in [6.45, 7) is 8.52. The number of ether oxygens (including phenoxy) is 2. The molecule has 0 aromatic heterocycles. The van der Waals surface area contributed by atoms with Crippen molar-refractivity contribution in [3.05, 3.63) is 27.3 Å². The van der Waals surface area contributed by atoms with Crippen LogP contribution in [0.15, 0.2) is 0 Å². The normalized spacial score (nSPS) is 19.9. The van der Waals surface area contributed by atoms with Crippen LogP contribution in [0.5, 0.6) is 5.75 Å². The second-order valence-electron chi connectivity index (χ2n) is 4.70. The number of morpholine rings is 1. The maximum Gasteiger partial charge on any atom is 0.128 e. The lowest BCUT2D eigenvalue weighted by molar-refractivity contribution is 0.0258. The van der Waals surface area contributed by atoms with Crippen LogP contribution in [0, 0.1) is 20.8 Å². The third-order valence-electron chi connectivity index (χ3n) is 3.66. The van der Waals surface area contributed by atoms with Gasteiger partial charge >= 0.3 is 0 Å². The summed E-state index contributed by atoms with van der Waals surface area (Å²) in [5.41, 5.74) is 4.32. The Kier molecular flexibility index (Phi) is 4.15. The van der Waals surface area contributed by atoms with E-state index in [0.29, 0.717) is 0 Å². The van der Waals surface area contributed by atoms with Gasteiger partial charge in [-0.3, -0.25) is 0 Å². The zero-order valence-electron chi connectivity index (χ0n) is 11.4. The second kappa shape index (κ2) is 5.47. The molecule has 0 amide bonds. The minimum absolute atomic E-state index is 0.0190.